The first kappa shape index (κ1) is 16.0. The number of hydrogen-bond acceptors (Lipinski definition) is 3. The molecule has 5 rings (SSSR count). The molecule has 0 spiro atoms. The fourth-order valence-electron chi connectivity index (χ4n) is 4.02. The summed E-state index contributed by atoms with van der Waals surface area (Å²) in [5.41, 5.74) is 9.12. The molecule has 5 nitrogen and oxygen atoms in total. The normalized spacial score (nSPS) is 15.5. The first-order chi connectivity index (χ1) is 13.2. The van der Waals surface area contributed by atoms with E-state index < -0.39 is 0 Å². The molecule has 0 aliphatic carbocycles. The van der Waals surface area contributed by atoms with E-state index in [-0.39, 0.29) is 5.91 Å². The van der Waals surface area contributed by atoms with Gasteiger partial charge in [-0.2, -0.15) is 5.10 Å². The van der Waals surface area contributed by atoms with Crippen molar-refractivity contribution in [3.63, 3.8) is 0 Å². The van der Waals surface area contributed by atoms with Gasteiger partial charge in [0.1, 0.15) is 0 Å². The zero-order chi connectivity index (χ0) is 18.4. The van der Waals surface area contributed by atoms with E-state index in [0.717, 1.165) is 16.8 Å². The van der Waals surface area contributed by atoms with Gasteiger partial charge in [0.25, 0.3) is 0 Å². The molecule has 0 saturated heterocycles. The molecular formula is C22H20N4O. The number of aromatic amines is 1. The Morgan fingerprint density at radius 1 is 1.15 bits per heavy atom. The van der Waals surface area contributed by atoms with Crippen LogP contribution < -0.4 is 0 Å². The maximum absolute atomic E-state index is 12.7. The van der Waals surface area contributed by atoms with Crippen LogP contribution in [0.3, 0.4) is 0 Å². The van der Waals surface area contributed by atoms with Crippen LogP contribution >= 0.6 is 0 Å². The average molecular weight is 356 g/mol. The lowest BCUT2D eigenvalue weighted by Gasteiger charge is -2.29. The first-order valence-electron chi connectivity index (χ1n) is 9.19. The molecule has 134 valence electrons. The van der Waals surface area contributed by atoms with Crippen LogP contribution in [0.25, 0.3) is 0 Å². The number of hydrogen-bond donors (Lipinski definition) is 1. The second kappa shape index (κ2) is 6.20. The van der Waals surface area contributed by atoms with Gasteiger partial charge in [-0.3, -0.25) is 14.9 Å². The predicted molar refractivity (Wildman–Crippen MR) is 104 cm³/mol. The molecule has 0 radical (unpaired) electrons. The third-order valence-electron chi connectivity index (χ3n) is 5.37. The van der Waals surface area contributed by atoms with Crippen molar-refractivity contribution in [3.05, 3.63) is 87.7 Å². The minimum atomic E-state index is 0.193. The highest BCUT2D eigenvalue weighted by atomic mass is 16.2. The topological polar surface area (TPSA) is 61.4 Å². The monoisotopic (exact) mass is 356 g/mol. The van der Waals surface area contributed by atoms with E-state index in [1.165, 1.54) is 27.8 Å². The Labute approximate surface area is 157 Å². The number of aliphatic imine (C=N–C) groups is 1. The fourth-order valence-corrected chi connectivity index (χ4v) is 4.02. The van der Waals surface area contributed by atoms with Gasteiger partial charge in [0.15, 0.2) is 0 Å². The SMILES string of the molecule is Cc1cccc(CN2Cc3cc4c(cc3CC2=O)CN=C4c2cn[nH]c2)c1. The Morgan fingerprint density at radius 2 is 2.07 bits per heavy atom. The lowest BCUT2D eigenvalue weighted by atomic mass is 9.91. The summed E-state index contributed by atoms with van der Waals surface area (Å²) >= 11 is 0. The summed E-state index contributed by atoms with van der Waals surface area (Å²) in [5, 5.41) is 6.91. The molecule has 1 amide bonds. The van der Waals surface area contributed by atoms with Crippen LogP contribution in [-0.4, -0.2) is 26.7 Å². The number of amides is 1. The number of H-pyrrole nitrogens is 1. The van der Waals surface area contributed by atoms with Crippen molar-refractivity contribution < 1.29 is 4.79 Å². The lowest BCUT2D eigenvalue weighted by Crippen LogP contribution is -2.35. The van der Waals surface area contributed by atoms with E-state index in [0.29, 0.717) is 26.1 Å². The molecule has 0 fully saturated rings. The lowest BCUT2D eigenvalue weighted by molar-refractivity contribution is -0.132. The summed E-state index contributed by atoms with van der Waals surface area (Å²) in [6.45, 7) is 4.05. The summed E-state index contributed by atoms with van der Waals surface area (Å²) in [7, 11) is 0. The Balaban J connectivity index is 1.45. The Bertz CT molecular complexity index is 1070. The van der Waals surface area contributed by atoms with E-state index in [9.17, 15) is 4.79 Å². The zero-order valence-electron chi connectivity index (χ0n) is 15.2. The van der Waals surface area contributed by atoms with Crippen LogP contribution in [0.2, 0.25) is 0 Å². The van der Waals surface area contributed by atoms with Crippen molar-refractivity contribution in [3.8, 4) is 0 Å². The molecule has 3 aromatic rings. The molecule has 0 atom stereocenters. The van der Waals surface area contributed by atoms with Gasteiger partial charge < -0.3 is 4.90 Å². The smallest absolute Gasteiger partial charge is 0.227 e. The molecule has 3 heterocycles. The maximum Gasteiger partial charge on any atom is 0.227 e. The Morgan fingerprint density at radius 3 is 2.89 bits per heavy atom. The van der Waals surface area contributed by atoms with Crippen molar-refractivity contribution in [2.75, 3.05) is 0 Å². The third kappa shape index (κ3) is 2.85. The summed E-state index contributed by atoms with van der Waals surface area (Å²) in [4.78, 5) is 19.3. The van der Waals surface area contributed by atoms with E-state index in [1.54, 1.807) is 6.20 Å². The van der Waals surface area contributed by atoms with Gasteiger partial charge in [-0.15, -0.1) is 0 Å². The fraction of sp³-hybridized carbons (Fsp3) is 0.227. The van der Waals surface area contributed by atoms with E-state index >= 15 is 0 Å². The maximum atomic E-state index is 12.7. The summed E-state index contributed by atoms with van der Waals surface area (Å²) in [6, 6.07) is 12.8. The molecular weight excluding hydrogens is 336 g/mol. The van der Waals surface area contributed by atoms with Crippen molar-refractivity contribution >= 4 is 11.6 Å². The van der Waals surface area contributed by atoms with Crippen molar-refractivity contribution in [1.29, 1.82) is 0 Å². The summed E-state index contributed by atoms with van der Waals surface area (Å²) < 4.78 is 0. The Kier molecular flexibility index (Phi) is 3.67. The van der Waals surface area contributed by atoms with Crippen LogP contribution in [0.1, 0.15) is 38.9 Å². The van der Waals surface area contributed by atoms with Gasteiger partial charge in [-0.25, -0.2) is 0 Å². The van der Waals surface area contributed by atoms with Crippen molar-refractivity contribution in [2.24, 2.45) is 4.99 Å². The number of benzene rings is 2. The number of carbonyl (C=O) groups excluding carboxylic acids is 1. The minimum absolute atomic E-state index is 0.193. The Hall–Kier alpha value is -3.21. The average Bonchev–Trinajstić information content (AvgIpc) is 3.30. The van der Waals surface area contributed by atoms with Crippen LogP contribution in [0.15, 0.2) is 53.8 Å². The van der Waals surface area contributed by atoms with Gasteiger partial charge >= 0.3 is 0 Å². The molecule has 2 aromatic carbocycles. The van der Waals surface area contributed by atoms with Crippen LogP contribution in [0, 0.1) is 6.92 Å². The largest absolute Gasteiger partial charge is 0.334 e. The zero-order valence-corrected chi connectivity index (χ0v) is 15.2. The number of aromatic nitrogens is 2. The van der Waals surface area contributed by atoms with Gasteiger partial charge in [0.2, 0.25) is 5.91 Å². The molecule has 2 aliphatic heterocycles. The number of carbonyl (C=O) groups is 1. The van der Waals surface area contributed by atoms with Crippen molar-refractivity contribution in [1.82, 2.24) is 15.1 Å². The van der Waals surface area contributed by atoms with Crippen LogP contribution in [0.4, 0.5) is 0 Å². The van der Waals surface area contributed by atoms with Gasteiger partial charge in [-0.05, 0) is 35.2 Å². The highest BCUT2D eigenvalue weighted by Crippen LogP contribution is 2.30. The number of aryl methyl sites for hydroxylation is 1. The standard InChI is InChI=1S/C22H20N4O/c1-14-3-2-4-15(5-14)12-26-13-18-7-20-17(6-16(18)8-21(26)27)9-23-22(20)19-10-24-25-11-19/h2-7,10-11H,8-9,12-13H2,1H3,(H,24,25). The van der Waals surface area contributed by atoms with Gasteiger partial charge in [0.05, 0.1) is 24.9 Å². The summed E-state index contributed by atoms with van der Waals surface area (Å²) in [6.07, 6.45) is 4.15. The molecule has 0 unspecified atom stereocenters. The number of nitrogens with one attached hydrogen (secondary N) is 1. The van der Waals surface area contributed by atoms with Gasteiger partial charge in [0, 0.05) is 30.4 Å². The minimum Gasteiger partial charge on any atom is -0.334 e. The first-order valence-corrected chi connectivity index (χ1v) is 9.19. The highest BCUT2D eigenvalue weighted by Gasteiger charge is 2.27. The number of nitrogens with zero attached hydrogens (tertiary/aromatic N) is 3. The molecule has 1 aromatic heterocycles. The number of rotatable bonds is 3. The third-order valence-corrected chi connectivity index (χ3v) is 5.37. The van der Waals surface area contributed by atoms with E-state index in [4.69, 9.17) is 4.99 Å². The van der Waals surface area contributed by atoms with E-state index in [2.05, 4.69) is 47.5 Å². The molecule has 1 N–H and O–H groups in total. The van der Waals surface area contributed by atoms with Crippen LogP contribution in [-0.2, 0) is 30.8 Å². The molecule has 27 heavy (non-hydrogen) atoms. The second-order valence-corrected chi connectivity index (χ2v) is 7.35. The molecule has 5 heteroatoms. The second-order valence-electron chi connectivity index (χ2n) is 7.35. The van der Waals surface area contributed by atoms with E-state index in [1.807, 2.05) is 17.2 Å². The molecule has 0 bridgehead atoms. The summed E-state index contributed by atoms with van der Waals surface area (Å²) in [5.74, 6) is 0.193. The van der Waals surface area contributed by atoms with Crippen LogP contribution in [0.5, 0.6) is 0 Å². The highest BCUT2D eigenvalue weighted by molar-refractivity contribution is 6.15. The van der Waals surface area contributed by atoms with Gasteiger partial charge in [-0.1, -0.05) is 35.9 Å². The predicted octanol–water partition coefficient (Wildman–Crippen LogP) is 3.15. The quantitative estimate of drug-likeness (QED) is 0.784. The van der Waals surface area contributed by atoms with Crippen molar-refractivity contribution in [2.45, 2.75) is 33.0 Å². The molecule has 2 aliphatic rings. The number of fused-ring (bicyclic) bond motifs is 2. The molecule has 0 saturated carbocycles.